The minimum Gasteiger partial charge on any atom is -0.379 e. The normalized spacial score (nSPS) is 29.0. The molecule has 0 aliphatic carbocycles. The van der Waals surface area contributed by atoms with Crippen molar-refractivity contribution in [3.63, 3.8) is 0 Å². The van der Waals surface area contributed by atoms with Crippen LogP contribution in [0.3, 0.4) is 0 Å². The molecule has 2 heterocycles. The number of morpholine rings is 1. The Balaban J connectivity index is 1.78. The van der Waals surface area contributed by atoms with Gasteiger partial charge in [0.1, 0.15) is 0 Å². The summed E-state index contributed by atoms with van der Waals surface area (Å²) in [6, 6.07) is 2.33. The number of nitriles is 1. The van der Waals surface area contributed by atoms with Crippen molar-refractivity contribution >= 4 is 0 Å². The standard InChI is InChI=1S/C15H27N3O/c1-15(2)13-14(3-5-16)4-6-18(15)8-7-17-9-11-19-12-10-17/h14H,3-4,6-13H2,1-2H3. The maximum atomic E-state index is 8.85. The van der Waals surface area contributed by atoms with E-state index in [0.717, 1.165) is 58.8 Å². The van der Waals surface area contributed by atoms with Gasteiger partial charge in [-0.1, -0.05) is 0 Å². The molecule has 108 valence electrons. The molecule has 0 amide bonds. The Morgan fingerprint density at radius 1 is 1.21 bits per heavy atom. The molecule has 0 saturated carbocycles. The molecule has 4 heteroatoms. The van der Waals surface area contributed by atoms with Crippen molar-refractivity contribution in [2.45, 2.75) is 38.6 Å². The molecule has 0 aromatic heterocycles. The van der Waals surface area contributed by atoms with Crippen molar-refractivity contribution < 1.29 is 4.74 Å². The first-order chi connectivity index (χ1) is 9.12. The molecule has 0 aromatic carbocycles. The topological polar surface area (TPSA) is 39.5 Å². The van der Waals surface area contributed by atoms with Crippen molar-refractivity contribution in [2.75, 3.05) is 45.9 Å². The van der Waals surface area contributed by atoms with Crippen LogP contribution in [0.5, 0.6) is 0 Å². The van der Waals surface area contributed by atoms with Crippen LogP contribution in [0.4, 0.5) is 0 Å². The zero-order valence-corrected chi connectivity index (χ0v) is 12.4. The SMILES string of the molecule is CC1(C)CC(CC#N)CCN1CCN1CCOCC1. The number of ether oxygens (including phenoxy) is 1. The minimum atomic E-state index is 0.242. The van der Waals surface area contributed by atoms with E-state index in [-0.39, 0.29) is 5.54 Å². The zero-order chi connectivity index (χ0) is 13.7. The molecule has 0 N–H and O–H groups in total. The van der Waals surface area contributed by atoms with E-state index in [1.54, 1.807) is 0 Å². The van der Waals surface area contributed by atoms with Crippen LogP contribution in [-0.2, 0) is 4.74 Å². The lowest BCUT2D eigenvalue weighted by atomic mass is 9.81. The van der Waals surface area contributed by atoms with Crippen molar-refractivity contribution in [1.82, 2.24) is 9.80 Å². The monoisotopic (exact) mass is 265 g/mol. The molecule has 0 radical (unpaired) electrons. The Hall–Kier alpha value is -0.630. The molecule has 2 aliphatic heterocycles. The second-order valence-electron chi connectivity index (χ2n) is 6.47. The van der Waals surface area contributed by atoms with Gasteiger partial charge in [-0.25, -0.2) is 0 Å². The third-order valence-corrected chi connectivity index (χ3v) is 4.62. The Bertz CT molecular complexity index is 318. The number of nitrogens with zero attached hydrogens (tertiary/aromatic N) is 3. The number of likely N-dealkylation sites (tertiary alicyclic amines) is 1. The van der Waals surface area contributed by atoms with Crippen molar-refractivity contribution in [2.24, 2.45) is 5.92 Å². The summed E-state index contributed by atoms with van der Waals surface area (Å²) < 4.78 is 5.39. The molecule has 1 unspecified atom stereocenters. The summed E-state index contributed by atoms with van der Waals surface area (Å²) in [7, 11) is 0. The molecule has 19 heavy (non-hydrogen) atoms. The van der Waals surface area contributed by atoms with Crippen molar-refractivity contribution in [3.8, 4) is 6.07 Å². The maximum Gasteiger partial charge on any atom is 0.0624 e. The van der Waals surface area contributed by atoms with E-state index in [0.29, 0.717) is 5.92 Å². The molecule has 1 atom stereocenters. The first kappa shape index (κ1) is 14.8. The highest BCUT2D eigenvalue weighted by Crippen LogP contribution is 2.32. The molecule has 0 aromatic rings. The van der Waals surface area contributed by atoms with E-state index in [2.05, 4.69) is 29.7 Å². The Morgan fingerprint density at radius 3 is 2.58 bits per heavy atom. The van der Waals surface area contributed by atoms with Gasteiger partial charge in [-0.2, -0.15) is 5.26 Å². The summed E-state index contributed by atoms with van der Waals surface area (Å²) >= 11 is 0. The summed E-state index contributed by atoms with van der Waals surface area (Å²) in [4.78, 5) is 5.11. The summed E-state index contributed by atoms with van der Waals surface area (Å²) in [6.07, 6.45) is 3.06. The molecular formula is C15H27N3O. The van der Waals surface area contributed by atoms with Gasteiger partial charge in [0.25, 0.3) is 0 Å². The maximum absolute atomic E-state index is 8.85. The first-order valence-corrected chi connectivity index (χ1v) is 7.54. The van der Waals surface area contributed by atoms with Gasteiger partial charge in [0.05, 0.1) is 19.3 Å². The largest absolute Gasteiger partial charge is 0.379 e. The van der Waals surface area contributed by atoms with Crippen LogP contribution in [0, 0.1) is 17.2 Å². The molecule has 2 fully saturated rings. The third kappa shape index (κ3) is 4.17. The van der Waals surface area contributed by atoms with E-state index in [4.69, 9.17) is 10.00 Å². The highest BCUT2D eigenvalue weighted by atomic mass is 16.5. The van der Waals surface area contributed by atoms with Crippen LogP contribution in [0.25, 0.3) is 0 Å². The number of rotatable bonds is 4. The minimum absolute atomic E-state index is 0.242. The fraction of sp³-hybridized carbons (Fsp3) is 0.933. The van der Waals surface area contributed by atoms with Gasteiger partial charge in [0, 0.05) is 38.1 Å². The Morgan fingerprint density at radius 2 is 1.95 bits per heavy atom. The molecule has 0 bridgehead atoms. The van der Waals surface area contributed by atoms with Gasteiger partial charge in [0.2, 0.25) is 0 Å². The van der Waals surface area contributed by atoms with E-state index >= 15 is 0 Å². The Labute approximate surface area is 117 Å². The van der Waals surface area contributed by atoms with Gasteiger partial charge >= 0.3 is 0 Å². The van der Waals surface area contributed by atoms with Crippen molar-refractivity contribution in [1.29, 1.82) is 5.26 Å². The predicted molar refractivity (Wildman–Crippen MR) is 75.9 cm³/mol. The average molecular weight is 265 g/mol. The summed E-state index contributed by atoms with van der Waals surface area (Å²) in [5.41, 5.74) is 0.242. The highest BCUT2D eigenvalue weighted by molar-refractivity contribution is 4.92. The van der Waals surface area contributed by atoms with Gasteiger partial charge < -0.3 is 4.74 Å². The van der Waals surface area contributed by atoms with Crippen molar-refractivity contribution in [3.05, 3.63) is 0 Å². The number of hydrogen-bond donors (Lipinski definition) is 0. The Kier molecular flexibility index (Phi) is 5.20. The van der Waals surface area contributed by atoms with Crippen LogP contribution in [0.2, 0.25) is 0 Å². The van der Waals surface area contributed by atoms with E-state index in [9.17, 15) is 0 Å². The average Bonchev–Trinajstić information content (AvgIpc) is 2.38. The van der Waals surface area contributed by atoms with E-state index in [1.165, 1.54) is 6.42 Å². The summed E-state index contributed by atoms with van der Waals surface area (Å²) in [5.74, 6) is 0.597. The van der Waals surface area contributed by atoms with Crippen LogP contribution in [0.15, 0.2) is 0 Å². The molecule has 2 saturated heterocycles. The van der Waals surface area contributed by atoms with Crippen LogP contribution < -0.4 is 0 Å². The number of hydrogen-bond acceptors (Lipinski definition) is 4. The highest BCUT2D eigenvalue weighted by Gasteiger charge is 2.34. The van der Waals surface area contributed by atoms with E-state index in [1.807, 2.05) is 0 Å². The third-order valence-electron chi connectivity index (χ3n) is 4.62. The van der Waals surface area contributed by atoms with Gasteiger partial charge in [-0.3, -0.25) is 9.80 Å². The summed E-state index contributed by atoms with van der Waals surface area (Å²) in [5, 5.41) is 8.85. The van der Waals surface area contributed by atoms with Crippen LogP contribution in [0.1, 0.15) is 33.1 Å². The molecule has 2 aliphatic rings. The van der Waals surface area contributed by atoms with Crippen LogP contribution >= 0.6 is 0 Å². The lowest BCUT2D eigenvalue weighted by Crippen LogP contribution is -2.53. The zero-order valence-electron chi connectivity index (χ0n) is 12.4. The second-order valence-corrected chi connectivity index (χ2v) is 6.47. The van der Waals surface area contributed by atoms with Gasteiger partial charge in [-0.05, 0) is 39.2 Å². The first-order valence-electron chi connectivity index (χ1n) is 7.54. The fourth-order valence-electron chi connectivity index (χ4n) is 3.38. The summed E-state index contributed by atoms with van der Waals surface area (Å²) in [6.45, 7) is 12.0. The lowest BCUT2D eigenvalue weighted by Gasteiger charge is -2.46. The fourth-order valence-corrected chi connectivity index (χ4v) is 3.38. The lowest BCUT2D eigenvalue weighted by molar-refractivity contribution is 0.00995. The quantitative estimate of drug-likeness (QED) is 0.776. The molecular weight excluding hydrogens is 238 g/mol. The molecule has 2 rings (SSSR count). The second kappa shape index (κ2) is 6.69. The van der Waals surface area contributed by atoms with E-state index < -0.39 is 0 Å². The predicted octanol–water partition coefficient (Wildman–Crippen LogP) is 1.72. The molecule has 0 spiro atoms. The molecule has 4 nitrogen and oxygen atoms in total. The van der Waals surface area contributed by atoms with Gasteiger partial charge in [0.15, 0.2) is 0 Å². The van der Waals surface area contributed by atoms with Crippen LogP contribution in [-0.4, -0.2) is 61.3 Å². The smallest absolute Gasteiger partial charge is 0.0624 e. The number of piperidine rings is 1. The van der Waals surface area contributed by atoms with Gasteiger partial charge in [-0.15, -0.1) is 0 Å².